The van der Waals surface area contributed by atoms with Gasteiger partial charge in [-0.15, -0.1) is 0 Å². The Morgan fingerprint density at radius 1 is 1.40 bits per heavy atom. The second-order valence-electron chi connectivity index (χ2n) is 3.96. The number of nitrogens with one attached hydrogen (secondary N) is 1. The van der Waals surface area contributed by atoms with Gasteiger partial charge in [0.05, 0.1) is 23.7 Å². The second-order valence-corrected chi connectivity index (χ2v) is 4.78. The number of methoxy groups -OCH3 is 1. The zero-order valence-corrected chi connectivity index (χ0v) is 12.3. The lowest BCUT2D eigenvalue weighted by Gasteiger charge is -2.12. The fraction of sp³-hybridized carbons (Fsp3) is 0.231. The number of hydrogen-bond donors (Lipinski definition) is 1. The van der Waals surface area contributed by atoms with Gasteiger partial charge in [-0.3, -0.25) is 9.48 Å². The highest BCUT2D eigenvalue weighted by atomic mass is 35.5. The van der Waals surface area contributed by atoms with E-state index in [1.165, 1.54) is 7.11 Å². The van der Waals surface area contributed by atoms with Crippen molar-refractivity contribution in [3.63, 3.8) is 0 Å². The monoisotopic (exact) mass is 313 g/mol. The van der Waals surface area contributed by atoms with E-state index in [1.54, 1.807) is 23.0 Å². The number of carbonyl (C=O) groups is 1. The molecule has 1 N–H and O–H groups in total. The van der Waals surface area contributed by atoms with Crippen LogP contribution in [-0.4, -0.2) is 29.3 Å². The van der Waals surface area contributed by atoms with Crippen LogP contribution in [0.15, 0.2) is 30.6 Å². The zero-order valence-electron chi connectivity index (χ0n) is 10.8. The van der Waals surface area contributed by atoms with Gasteiger partial charge in [0.2, 0.25) is 0 Å². The Balaban J connectivity index is 2.07. The zero-order chi connectivity index (χ0) is 14.5. The predicted molar refractivity (Wildman–Crippen MR) is 77.6 cm³/mol. The van der Waals surface area contributed by atoms with Crippen molar-refractivity contribution < 1.29 is 9.53 Å². The number of rotatable bonds is 5. The van der Waals surface area contributed by atoms with E-state index in [9.17, 15) is 4.79 Å². The first-order valence-electron chi connectivity index (χ1n) is 5.91. The third-order valence-corrected chi connectivity index (χ3v) is 3.29. The van der Waals surface area contributed by atoms with Gasteiger partial charge in [-0.25, -0.2) is 0 Å². The molecule has 0 aliphatic heterocycles. The molecule has 0 saturated carbocycles. The number of nitrogens with zero attached hydrogens (tertiary/aromatic N) is 2. The molecule has 0 spiro atoms. The fourth-order valence-electron chi connectivity index (χ4n) is 1.75. The Kier molecular flexibility index (Phi) is 4.87. The lowest BCUT2D eigenvalue weighted by Crippen LogP contribution is -2.28. The van der Waals surface area contributed by atoms with E-state index in [4.69, 9.17) is 27.9 Å². The van der Waals surface area contributed by atoms with Gasteiger partial charge in [0.15, 0.2) is 5.75 Å². The van der Waals surface area contributed by atoms with Crippen LogP contribution >= 0.6 is 23.2 Å². The van der Waals surface area contributed by atoms with Gasteiger partial charge in [0.25, 0.3) is 5.91 Å². The lowest BCUT2D eigenvalue weighted by atomic mass is 10.2. The van der Waals surface area contributed by atoms with Gasteiger partial charge >= 0.3 is 0 Å². The molecule has 1 aromatic heterocycles. The average molecular weight is 314 g/mol. The number of amides is 1. The first kappa shape index (κ1) is 14.7. The van der Waals surface area contributed by atoms with Crippen LogP contribution in [0.5, 0.6) is 5.75 Å². The summed E-state index contributed by atoms with van der Waals surface area (Å²) in [7, 11) is 1.44. The topological polar surface area (TPSA) is 56.1 Å². The minimum atomic E-state index is -0.332. The van der Waals surface area contributed by atoms with Crippen molar-refractivity contribution in [3.8, 4) is 5.75 Å². The van der Waals surface area contributed by atoms with Gasteiger partial charge in [0, 0.05) is 18.9 Å². The van der Waals surface area contributed by atoms with Gasteiger partial charge in [-0.2, -0.15) is 5.10 Å². The van der Waals surface area contributed by atoms with E-state index in [2.05, 4.69) is 10.4 Å². The first-order valence-corrected chi connectivity index (χ1v) is 6.66. The minimum Gasteiger partial charge on any atom is -0.494 e. The van der Waals surface area contributed by atoms with Crippen molar-refractivity contribution in [2.24, 2.45) is 0 Å². The lowest BCUT2D eigenvalue weighted by molar-refractivity contribution is 0.0949. The summed E-state index contributed by atoms with van der Waals surface area (Å²) >= 11 is 12.0. The minimum absolute atomic E-state index is 0.238. The molecule has 1 amide bonds. The van der Waals surface area contributed by atoms with Crippen LogP contribution in [0, 0.1) is 0 Å². The Bertz CT molecular complexity index is 600. The normalized spacial score (nSPS) is 10.3. The number of hydrogen-bond acceptors (Lipinski definition) is 3. The molecule has 0 fully saturated rings. The van der Waals surface area contributed by atoms with E-state index < -0.39 is 0 Å². The molecule has 0 radical (unpaired) electrons. The van der Waals surface area contributed by atoms with Crippen LogP contribution in [0.2, 0.25) is 10.0 Å². The molecule has 2 rings (SSSR count). The highest BCUT2D eigenvalue weighted by molar-refractivity contribution is 6.37. The summed E-state index contributed by atoms with van der Waals surface area (Å²) < 4.78 is 6.85. The van der Waals surface area contributed by atoms with Crippen LogP contribution in [0.4, 0.5) is 0 Å². The number of ether oxygens (including phenoxy) is 1. The summed E-state index contributed by atoms with van der Waals surface area (Å²) in [6.07, 6.45) is 3.50. The van der Waals surface area contributed by atoms with Crippen molar-refractivity contribution in [2.45, 2.75) is 6.54 Å². The third kappa shape index (κ3) is 3.23. The molecule has 0 aliphatic carbocycles. The molecule has 5 nitrogen and oxygen atoms in total. The molecule has 7 heteroatoms. The molecule has 2 aromatic rings. The molecule has 20 heavy (non-hydrogen) atoms. The van der Waals surface area contributed by atoms with E-state index in [0.29, 0.717) is 23.1 Å². The van der Waals surface area contributed by atoms with Crippen molar-refractivity contribution >= 4 is 29.1 Å². The molecule has 0 unspecified atom stereocenters. The van der Waals surface area contributed by atoms with Crippen molar-refractivity contribution in [2.75, 3.05) is 13.7 Å². The largest absolute Gasteiger partial charge is 0.494 e. The summed E-state index contributed by atoms with van der Waals surface area (Å²) in [4.78, 5) is 12.2. The highest BCUT2D eigenvalue weighted by Gasteiger charge is 2.18. The van der Waals surface area contributed by atoms with Gasteiger partial charge < -0.3 is 10.1 Å². The molecule has 1 heterocycles. The summed E-state index contributed by atoms with van der Waals surface area (Å²) in [6.45, 7) is 0.992. The number of aromatic nitrogens is 2. The molecular weight excluding hydrogens is 301 g/mol. The van der Waals surface area contributed by atoms with Crippen molar-refractivity contribution in [1.29, 1.82) is 0 Å². The van der Waals surface area contributed by atoms with Crippen LogP contribution in [0.1, 0.15) is 10.4 Å². The first-order chi connectivity index (χ1) is 9.63. The third-order valence-electron chi connectivity index (χ3n) is 2.68. The molecule has 0 aliphatic rings. The van der Waals surface area contributed by atoms with E-state index in [-0.39, 0.29) is 17.2 Å². The van der Waals surface area contributed by atoms with E-state index in [0.717, 1.165) is 0 Å². The van der Waals surface area contributed by atoms with Crippen LogP contribution in [0.3, 0.4) is 0 Å². The number of benzene rings is 1. The Morgan fingerprint density at radius 2 is 2.15 bits per heavy atom. The van der Waals surface area contributed by atoms with Crippen LogP contribution in [0.25, 0.3) is 0 Å². The number of carbonyl (C=O) groups excluding carboxylic acids is 1. The van der Waals surface area contributed by atoms with Crippen molar-refractivity contribution in [1.82, 2.24) is 15.1 Å². The molecule has 0 bridgehead atoms. The molecule has 0 saturated heterocycles. The second kappa shape index (κ2) is 6.63. The Hall–Kier alpha value is -1.72. The molecular formula is C13H13Cl2N3O2. The maximum atomic E-state index is 12.2. The molecule has 1 aromatic carbocycles. The van der Waals surface area contributed by atoms with E-state index in [1.807, 2.05) is 12.3 Å². The smallest absolute Gasteiger partial charge is 0.256 e. The maximum Gasteiger partial charge on any atom is 0.256 e. The van der Waals surface area contributed by atoms with Crippen molar-refractivity contribution in [3.05, 3.63) is 46.2 Å². The average Bonchev–Trinajstić information content (AvgIpc) is 2.94. The summed E-state index contributed by atoms with van der Waals surface area (Å²) in [5.74, 6) is -0.0581. The summed E-state index contributed by atoms with van der Waals surface area (Å²) in [5, 5.41) is 7.44. The SMILES string of the molecule is COc1c(Cl)ccc(Cl)c1C(=O)NCCn1cccn1. The fourth-order valence-corrected chi connectivity index (χ4v) is 2.22. The number of halogens is 2. The summed E-state index contributed by atoms with van der Waals surface area (Å²) in [5.41, 5.74) is 0.238. The standard InChI is InChI=1S/C13H13Cl2N3O2/c1-20-12-10(15)4-3-9(14)11(12)13(19)16-6-8-18-7-2-5-17-18/h2-5,7H,6,8H2,1H3,(H,16,19). The highest BCUT2D eigenvalue weighted by Crippen LogP contribution is 2.33. The Morgan fingerprint density at radius 3 is 2.80 bits per heavy atom. The maximum absolute atomic E-state index is 12.2. The van der Waals surface area contributed by atoms with Crippen LogP contribution < -0.4 is 10.1 Å². The summed E-state index contributed by atoms with van der Waals surface area (Å²) in [6, 6.07) is 4.97. The van der Waals surface area contributed by atoms with Gasteiger partial charge in [-0.1, -0.05) is 23.2 Å². The van der Waals surface area contributed by atoms with Gasteiger partial charge in [-0.05, 0) is 18.2 Å². The molecule has 0 atom stereocenters. The predicted octanol–water partition coefficient (Wildman–Crippen LogP) is 2.63. The van der Waals surface area contributed by atoms with Gasteiger partial charge in [0.1, 0.15) is 5.56 Å². The van der Waals surface area contributed by atoms with Crippen LogP contribution in [-0.2, 0) is 6.54 Å². The molecule has 106 valence electrons. The Labute approximate surface area is 126 Å². The quantitative estimate of drug-likeness (QED) is 0.923. The van der Waals surface area contributed by atoms with E-state index >= 15 is 0 Å².